The van der Waals surface area contributed by atoms with Crippen LogP contribution in [0, 0.1) is 12.7 Å². The van der Waals surface area contributed by atoms with Crippen LogP contribution in [0.15, 0.2) is 24.4 Å². The number of carbonyl (C=O) groups excluding carboxylic acids is 1. The number of rotatable bonds is 2. The van der Waals surface area contributed by atoms with Crippen LogP contribution in [0.4, 0.5) is 17.6 Å². The average molecular weight is 355 g/mol. The Balaban J connectivity index is 1.78. The standard InChI is InChI=1S/C17H17F4N3O/c1-10-4-5-13(18)12(7-10)16(25)24-6-2-3-11(9-24)15-22-8-14(23-15)17(19,20)21/h4-5,7-8,11H,2-3,6,9H2,1H3,(H,22,23)/t11-/m0/s1. The maximum atomic E-state index is 13.9. The lowest BCUT2D eigenvalue weighted by Crippen LogP contribution is -2.39. The molecule has 1 amide bonds. The summed E-state index contributed by atoms with van der Waals surface area (Å²) in [6, 6.07) is 4.30. The first kappa shape index (κ1) is 17.4. The van der Waals surface area contributed by atoms with Crippen molar-refractivity contribution in [3.8, 4) is 0 Å². The van der Waals surface area contributed by atoms with E-state index in [-0.39, 0.29) is 23.9 Å². The summed E-state index contributed by atoms with van der Waals surface area (Å²) in [6.07, 6.45) is -2.49. The van der Waals surface area contributed by atoms with Gasteiger partial charge < -0.3 is 9.88 Å². The lowest BCUT2D eigenvalue weighted by Gasteiger charge is -2.32. The van der Waals surface area contributed by atoms with Crippen LogP contribution in [0.25, 0.3) is 0 Å². The summed E-state index contributed by atoms with van der Waals surface area (Å²) in [5, 5.41) is 0. The summed E-state index contributed by atoms with van der Waals surface area (Å²) < 4.78 is 52.0. The fourth-order valence-corrected chi connectivity index (χ4v) is 3.05. The minimum absolute atomic E-state index is 0.0175. The van der Waals surface area contributed by atoms with Crippen molar-refractivity contribution in [1.82, 2.24) is 14.9 Å². The van der Waals surface area contributed by atoms with E-state index in [0.29, 0.717) is 19.4 Å². The van der Waals surface area contributed by atoms with Crippen molar-refractivity contribution in [3.63, 3.8) is 0 Å². The number of nitrogens with one attached hydrogen (secondary N) is 1. The van der Waals surface area contributed by atoms with Gasteiger partial charge in [0.05, 0.1) is 11.8 Å². The molecule has 1 aliphatic heterocycles. The molecule has 1 N–H and O–H groups in total. The number of imidazole rings is 1. The normalized spacial score (nSPS) is 18.4. The first-order valence-corrected chi connectivity index (χ1v) is 7.93. The Hall–Kier alpha value is -2.38. The second-order valence-corrected chi connectivity index (χ2v) is 6.25. The molecular formula is C17H17F4N3O. The highest BCUT2D eigenvalue weighted by Crippen LogP contribution is 2.31. The van der Waals surface area contributed by atoms with Crippen molar-refractivity contribution in [1.29, 1.82) is 0 Å². The van der Waals surface area contributed by atoms with E-state index in [2.05, 4.69) is 9.97 Å². The number of H-pyrrole nitrogens is 1. The number of hydrogen-bond donors (Lipinski definition) is 1. The van der Waals surface area contributed by atoms with Crippen LogP contribution in [0.3, 0.4) is 0 Å². The number of amides is 1. The highest BCUT2D eigenvalue weighted by atomic mass is 19.4. The van der Waals surface area contributed by atoms with Crippen molar-refractivity contribution < 1.29 is 22.4 Å². The molecule has 2 heterocycles. The Morgan fingerprint density at radius 3 is 2.80 bits per heavy atom. The maximum Gasteiger partial charge on any atom is 0.432 e. The fourth-order valence-electron chi connectivity index (χ4n) is 3.05. The smallest absolute Gasteiger partial charge is 0.338 e. The third kappa shape index (κ3) is 3.67. The minimum atomic E-state index is -4.49. The average Bonchev–Trinajstić information content (AvgIpc) is 3.07. The van der Waals surface area contributed by atoms with Gasteiger partial charge in [0.25, 0.3) is 5.91 Å². The molecule has 1 fully saturated rings. The number of piperidine rings is 1. The van der Waals surface area contributed by atoms with Gasteiger partial charge in [0, 0.05) is 19.0 Å². The van der Waals surface area contributed by atoms with E-state index in [0.717, 1.165) is 11.8 Å². The van der Waals surface area contributed by atoms with Gasteiger partial charge in [-0.25, -0.2) is 9.37 Å². The zero-order chi connectivity index (χ0) is 18.2. The molecule has 0 saturated carbocycles. The molecule has 1 atom stereocenters. The molecule has 0 radical (unpaired) electrons. The van der Waals surface area contributed by atoms with E-state index >= 15 is 0 Å². The molecule has 0 aliphatic carbocycles. The number of carbonyl (C=O) groups is 1. The zero-order valence-corrected chi connectivity index (χ0v) is 13.5. The van der Waals surface area contributed by atoms with Crippen LogP contribution >= 0.6 is 0 Å². The molecule has 8 heteroatoms. The van der Waals surface area contributed by atoms with Gasteiger partial charge in [-0.2, -0.15) is 13.2 Å². The number of aryl methyl sites for hydroxylation is 1. The first-order valence-electron chi connectivity index (χ1n) is 7.93. The highest BCUT2D eigenvalue weighted by molar-refractivity contribution is 5.94. The number of halogens is 4. The highest BCUT2D eigenvalue weighted by Gasteiger charge is 2.35. The third-order valence-corrected chi connectivity index (χ3v) is 4.35. The monoisotopic (exact) mass is 355 g/mol. The van der Waals surface area contributed by atoms with E-state index in [4.69, 9.17) is 0 Å². The minimum Gasteiger partial charge on any atom is -0.338 e. The van der Waals surface area contributed by atoms with Crippen molar-refractivity contribution in [3.05, 3.63) is 52.9 Å². The summed E-state index contributed by atoms with van der Waals surface area (Å²) in [5.74, 6) is -1.18. The van der Waals surface area contributed by atoms with Crippen molar-refractivity contribution in [2.45, 2.75) is 31.9 Å². The van der Waals surface area contributed by atoms with Crippen LogP contribution in [0.5, 0.6) is 0 Å². The third-order valence-electron chi connectivity index (χ3n) is 4.35. The van der Waals surface area contributed by atoms with E-state index in [1.165, 1.54) is 17.0 Å². The van der Waals surface area contributed by atoms with Gasteiger partial charge in [-0.3, -0.25) is 4.79 Å². The van der Waals surface area contributed by atoms with Crippen LogP contribution < -0.4 is 0 Å². The molecular weight excluding hydrogens is 338 g/mol. The Bertz CT molecular complexity index is 784. The quantitative estimate of drug-likeness (QED) is 0.831. The molecule has 0 bridgehead atoms. The molecule has 25 heavy (non-hydrogen) atoms. The van der Waals surface area contributed by atoms with Gasteiger partial charge in [-0.05, 0) is 31.9 Å². The van der Waals surface area contributed by atoms with Gasteiger partial charge in [-0.1, -0.05) is 11.6 Å². The van der Waals surface area contributed by atoms with Crippen molar-refractivity contribution in [2.24, 2.45) is 0 Å². The van der Waals surface area contributed by atoms with Crippen molar-refractivity contribution in [2.75, 3.05) is 13.1 Å². The molecule has 1 aliphatic rings. The van der Waals surface area contributed by atoms with Crippen molar-refractivity contribution >= 4 is 5.91 Å². The summed E-state index contributed by atoms with van der Waals surface area (Å²) in [7, 11) is 0. The number of aromatic amines is 1. The molecule has 4 nitrogen and oxygen atoms in total. The van der Waals surface area contributed by atoms with Gasteiger partial charge >= 0.3 is 6.18 Å². The second-order valence-electron chi connectivity index (χ2n) is 6.25. The largest absolute Gasteiger partial charge is 0.432 e. The fraction of sp³-hybridized carbons (Fsp3) is 0.412. The molecule has 3 rings (SSSR count). The number of alkyl halides is 3. The summed E-state index contributed by atoms with van der Waals surface area (Å²) in [5.41, 5.74) is -0.161. The number of hydrogen-bond acceptors (Lipinski definition) is 2. The molecule has 0 spiro atoms. The van der Waals surface area contributed by atoms with Crippen LogP contribution in [-0.4, -0.2) is 33.9 Å². The van der Waals surface area contributed by atoms with Gasteiger partial charge in [0.2, 0.25) is 0 Å². The summed E-state index contributed by atoms with van der Waals surface area (Å²) in [6.45, 7) is 2.41. The maximum absolute atomic E-state index is 13.9. The molecule has 1 aromatic carbocycles. The van der Waals surface area contributed by atoms with E-state index in [9.17, 15) is 22.4 Å². The number of likely N-dealkylation sites (tertiary alicyclic amines) is 1. The second kappa shape index (κ2) is 6.50. The topological polar surface area (TPSA) is 49.0 Å². The molecule has 134 valence electrons. The van der Waals surface area contributed by atoms with Crippen LogP contribution in [0.1, 0.15) is 46.2 Å². The zero-order valence-electron chi connectivity index (χ0n) is 13.5. The van der Waals surface area contributed by atoms with Gasteiger partial charge in [-0.15, -0.1) is 0 Å². The van der Waals surface area contributed by atoms with Crippen LogP contribution in [-0.2, 0) is 6.18 Å². The van der Waals surface area contributed by atoms with Gasteiger partial charge in [0.15, 0.2) is 0 Å². The summed E-state index contributed by atoms with van der Waals surface area (Å²) >= 11 is 0. The predicted octanol–water partition coefficient (Wildman–Crippen LogP) is 3.90. The summed E-state index contributed by atoms with van der Waals surface area (Å²) in [4.78, 5) is 20.2. The Kier molecular flexibility index (Phi) is 4.53. The number of aromatic nitrogens is 2. The molecule has 0 unspecified atom stereocenters. The Morgan fingerprint density at radius 2 is 2.12 bits per heavy atom. The molecule has 1 aromatic heterocycles. The van der Waals surface area contributed by atoms with E-state index < -0.39 is 23.6 Å². The molecule has 1 saturated heterocycles. The lowest BCUT2D eigenvalue weighted by atomic mass is 9.96. The Morgan fingerprint density at radius 1 is 1.36 bits per heavy atom. The first-order chi connectivity index (χ1) is 11.8. The molecule has 2 aromatic rings. The Labute approximate surface area is 141 Å². The lowest BCUT2D eigenvalue weighted by molar-refractivity contribution is -0.141. The van der Waals surface area contributed by atoms with Gasteiger partial charge in [0.1, 0.15) is 17.3 Å². The SMILES string of the molecule is Cc1ccc(F)c(C(=O)N2CCC[C@H](c3ncc(C(F)(F)F)[nH]3)C2)c1. The number of benzene rings is 1. The predicted molar refractivity (Wildman–Crippen MR) is 82.6 cm³/mol. The van der Waals surface area contributed by atoms with Crippen LogP contribution in [0.2, 0.25) is 0 Å². The van der Waals surface area contributed by atoms with E-state index in [1.807, 2.05) is 0 Å². The number of nitrogens with zero attached hydrogens (tertiary/aromatic N) is 2. The van der Waals surface area contributed by atoms with E-state index in [1.54, 1.807) is 13.0 Å².